The Morgan fingerprint density at radius 3 is 2.35 bits per heavy atom. The summed E-state index contributed by atoms with van der Waals surface area (Å²) in [6.45, 7) is 1.59. The number of halogens is 1. The summed E-state index contributed by atoms with van der Waals surface area (Å²) in [7, 11) is 0. The molecule has 0 heterocycles. The molecule has 0 aliphatic carbocycles. The van der Waals surface area contributed by atoms with Crippen LogP contribution in [-0.4, -0.2) is 16.7 Å². The zero-order valence-corrected chi connectivity index (χ0v) is 10.8. The van der Waals surface area contributed by atoms with Crippen molar-refractivity contribution in [2.45, 2.75) is 6.92 Å². The maximum Gasteiger partial charge on any atom is 0.275 e. The van der Waals surface area contributed by atoms with Crippen LogP contribution in [0.4, 0.5) is 4.39 Å². The molecule has 0 atom stereocenters. The molecule has 0 saturated carbocycles. The van der Waals surface area contributed by atoms with Gasteiger partial charge >= 0.3 is 0 Å². The summed E-state index contributed by atoms with van der Waals surface area (Å²) in [5.41, 5.74) is 3.05. The van der Waals surface area contributed by atoms with Crippen molar-refractivity contribution in [3.63, 3.8) is 0 Å². The molecule has 0 spiro atoms. The average Bonchev–Trinajstić information content (AvgIpc) is 2.45. The SMILES string of the molecule is C/C(=N/NC(=O)c1ccccc1O)c1ccccc1F. The third-order valence-electron chi connectivity index (χ3n) is 2.74. The third-order valence-corrected chi connectivity index (χ3v) is 2.74. The van der Waals surface area contributed by atoms with Gasteiger partial charge in [-0.25, -0.2) is 9.82 Å². The van der Waals surface area contributed by atoms with Gasteiger partial charge in [0.1, 0.15) is 11.6 Å². The van der Waals surface area contributed by atoms with Gasteiger partial charge < -0.3 is 5.11 Å². The molecule has 0 aromatic heterocycles. The van der Waals surface area contributed by atoms with E-state index in [0.29, 0.717) is 11.3 Å². The fraction of sp³-hybridized carbons (Fsp3) is 0.0667. The molecule has 2 N–H and O–H groups in total. The first-order valence-electron chi connectivity index (χ1n) is 5.97. The second kappa shape index (κ2) is 5.97. The Morgan fingerprint density at radius 2 is 1.70 bits per heavy atom. The maximum atomic E-state index is 13.5. The zero-order valence-electron chi connectivity index (χ0n) is 10.8. The first kappa shape index (κ1) is 13.7. The predicted molar refractivity (Wildman–Crippen MR) is 74.2 cm³/mol. The van der Waals surface area contributed by atoms with Crippen LogP contribution in [0.5, 0.6) is 5.75 Å². The summed E-state index contributed by atoms with van der Waals surface area (Å²) in [6.07, 6.45) is 0. The number of hydrazone groups is 1. The standard InChI is InChI=1S/C15H13FN2O2/c1-10(11-6-2-4-8-13(11)16)17-18-15(20)12-7-3-5-9-14(12)19/h2-9,19H,1H3,(H,18,20)/b17-10-. The number of nitrogens with one attached hydrogen (secondary N) is 1. The van der Waals surface area contributed by atoms with Crippen molar-refractivity contribution >= 4 is 11.6 Å². The number of hydrogen-bond donors (Lipinski definition) is 2. The highest BCUT2D eigenvalue weighted by atomic mass is 19.1. The monoisotopic (exact) mass is 272 g/mol. The molecular weight excluding hydrogens is 259 g/mol. The van der Waals surface area contributed by atoms with Gasteiger partial charge in [-0.1, -0.05) is 30.3 Å². The largest absolute Gasteiger partial charge is 0.507 e. The molecule has 0 aliphatic heterocycles. The van der Waals surface area contributed by atoms with E-state index in [2.05, 4.69) is 10.5 Å². The number of phenols is 1. The lowest BCUT2D eigenvalue weighted by molar-refractivity contribution is 0.0952. The number of carbonyl (C=O) groups excluding carboxylic acids is 1. The fourth-order valence-electron chi connectivity index (χ4n) is 1.68. The Morgan fingerprint density at radius 1 is 1.10 bits per heavy atom. The van der Waals surface area contributed by atoms with E-state index in [9.17, 15) is 14.3 Å². The van der Waals surface area contributed by atoms with Gasteiger partial charge in [-0.05, 0) is 25.1 Å². The molecule has 0 saturated heterocycles. The van der Waals surface area contributed by atoms with Crippen LogP contribution < -0.4 is 5.43 Å². The van der Waals surface area contributed by atoms with Crippen LogP contribution >= 0.6 is 0 Å². The molecular formula is C15H13FN2O2. The van der Waals surface area contributed by atoms with Gasteiger partial charge in [0.25, 0.3) is 5.91 Å². The number of benzene rings is 2. The fourth-order valence-corrected chi connectivity index (χ4v) is 1.68. The Hall–Kier alpha value is -2.69. The van der Waals surface area contributed by atoms with Gasteiger partial charge in [-0.3, -0.25) is 4.79 Å². The van der Waals surface area contributed by atoms with Crippen LogP contribution in [0.1, 0.15) is 22.8 Å². The van der Waals surface area contributed by atoms with Crippen molar-refractivity contribution in [2.75, 3.05) is 0 Å². The molecule has 2 rings (SSSR count). The lowest BCUT2D eigenvalue weighted by Gasteiger charge is -2.05. The Balaban J connectivity index is 2.16. The molecule has 0 fully saturated rings. The van der Waals surface area contributed by atoms with Gasteiger partial charge in [0.15, 0.2) is 0 Å². The number of hydrogen-bond acceptors (Lipinski definition) is 3. The smallest absolute Gasteiger partial charge is 0.275 e. The van der Waals surface area contributed by atoms with Crippen molar-refractivity contribution in [2.24, 2.45) is 5.10 Å². The topological polar surface area (TPSA) is 61.7 Å². The van der Waals surface area contributed by atoms with Crippen molar-refractivity contribution in [3.05, 3.63) is 65.5 Å². The third kappa shape index (κ3) is 3.00. The molecule has 0 unspecified atom stereocenters. The number of nitrogens with zero attached hydrogens (tertiary/aromatic N) is 1. The highest BCUT2D eigenvalue weighted by Crippen LogP contribution is 2.15. The first-order valence-corrected chi connectivity index (χ1v) is 5.97. The van der Waals surface area contributed by atoms with E-state index in [1.807, 2.05) is 0 Å². The minimum atomic E-state index is -0.557. The van der Waals surface area contributed by atoms with Crippen molar-refractivity contribution in [1.82, 2.24) is 5.43 Å². The van der Waals surface area contributed by atoms with E-state index in [-0.39, 0.29) is 11.3 Å². The zero-order chi connectivity index (χ0) is 14.5. The normalized spacial score (nSPS) is 11.2. The molecule has 20 heavy (non-hydrogen) atoms. The molecule has 2 aromatic rings. The number of amides is 1. The number of aromatic hydroxyl groups is 1. The minimum Gasteiger partial charge on any atom is -0.507 e. The van der Waals surface area contributed by atoms with Gasteiger partial charge in [0.05, 0.1) is 11.3 Å². The molecule has 0 radical (unpaired) electrons. The van der Waals surface area contributed by atoms with Crippen LogP contribution in [0.25, 0.3) is 0 Å². The molecule has 4 nitrogen and oxygen atoms in total. The van der Waals surface area contributed by atoms with Crippen LogP contribution in [-0.2, 0) is 0 Å². The lowest BCUT2D eigenvalue weighted by Crippen LogP contribution is -2.19. The quantitative estimate of drug-likeness (QED) is 0.666. The summed E-state index contributed by atoms with van der Waals surface area (Å²) < 4.78 is 13.5. The second-order valence-corrected chi connectivity index (χ2v) is 4.14. The van der Waals surface area contributed by atoms with Crippen molar-refractivity contribution in [1.29, 1.82) is 0 Å². The number of phenolic OH excluding ortho intramolecular Hbond substituents is 1. The number of carbonyl (C=O) groups is 1. The molecule has 1 amide bonds. The molecule has 102 valence electrons. The van der Waals surface area contributed by atoms with E-state index in [4.69, 9.17) is 0 Å². The van der Waals surface area contributed by atoms with E-state index >= 15 is 0 Å². The highest BCUT2D eigenvalue weighted by molar-refractivity contribution is 6.01. The van der Waals surface area contributed by atoms with Crippen molar-refractivity contribution in [3.8, 4) is 5.75 Å². The van der Waals surface area contributed by atoms with Gasteiger partial charge in [-0.2, -0.15) is 5.10 Å². The Kier molecular flexibility index (Phi) is 4.10. The summed E-state index contributed by atoms with van der Waals surface area (Å²) >= 11 is 0. The van der Waals surface area contributed by atoms with Crippen LogP contribution in [0, 0.1) is 5.82 Å². The lowest BCUT2D eigenvalue weighted by atomic mass is 10.1. The number of rotatable bonds is 3. The van der Waals surface area contributed by atoms with E-state index < -0.39 is 11.7 Å². The average molecular weight is 272 g/mol. The molecule has 0 bridgehead atoms. The Labute approximate surface area is 115 Å². The van der Waals surface area contributed by atoms with Crippen molar-refractivity contribution < 1.29 is 14.3 Å². The first-order chi connectivity index (χ1) is 9.59. The van der Waals surface area contributed by atoms with Gasteiger partial charge in [0.2, 0.25) is 0 Å². The Bertz CT molecular complexity index is 668. The summed E-state index contributed by atoms with van der Waals surface area (Å²) in [5, 5.41) is 13.4. The van der Waals surface area contributed by atoms with Gasteiger partial charge in [0, 0.05) is 5.56 Å². The summed E-state index contributed by atoms with van der Waals surface area (Å²) in [6, 6.07) is 12.3. The van der Waals surface area contributed by atoms with Crippen LogP contribution in [0.2, 0.25) is 0 Å². The van der Waals surface area contributed by atoms with Crippen LogP contribution in [0.15, 0.2) is 53.6 Å². The minimum absolute atomic E-state index is 0.109. The maximum absolute atomic E-state index is 13.5. The second-order valence-electron chi connectivity index (χ2n) is 4.14. The molecule has 0 aliphatic rings. The molecule has 5 heteroatoms. The highest BCUT2D eigenvalue weighted by Gasteiger charge is 2.10. The van der Waals surface area contributed by atoms with E-state index in [0.717, 1.165) is 0 Å². The predicted octanol–water partition coefficient (Wildman–Crippen LogP) is 2.69. The molecule has 2 aromatic carbocycles. The van der Waals surface area contributed by atoms with Crippen LogP contribution in [0.3, 0.4) is 0 Å². The summed E-state index contributed by atoms with van der Waals surface area (Å²) in [5.74, 6) is -1.10. The van der Waals surface area contributed by atoms with E-state index in [1.54, 1.807) is 37.3 Å². The van der Waals surface area contributed by atoms with E-state index in [1.165, 1.54) is 18.2 Å². The number of para-hydroxylation sites is 1. The summed E-state index contributed by atoms with van der Waals surface area (Å²) in [4.78, 5) is 11.8. The van der Waals surface area contributed by atoms with Gasteiger partial charge in [-0.15, -0.1) is 0 Å².